The summed E-state index contributed by atoms with van der Waals surface area (Å²) in [7, 11) is -3.60. The van der Waals surface area contributed by atoms with Gasteiger partial charge in [0, 0.05) is 38.3 Å². The average Bonchev–Trinajstić information content (AvgIpc) is 3.22. The number of sulfonamides is 1. The van der Waals surface area contributed by atoms with Gasteiger partial charge >= 0.3 is 0 Å². The van der Waals surface area contributed by atoms with Gasteiger partial charge in [-0.15, -0.1) is 0 Å². The molecule has 9 heteroatoms. The van der Waals surface area contributed by atoms with Crippen molar-refractivity contribution in [2.75, 3.05) is 39.3 Å². The molecule has 3 rings (SSSR count). The first-order chi connectivity index (χ1) is 13.9. The second-order valence-corrected chi connectivity index (χ2v) is 8.97. The smallest absolute Gasteiger partial charge is 0.243 e. The molecule has 8 nitrogen and oxygen atoms in total. The molecule has 0 amide bonds. The van der Waals surface area contributed by atoms with Crippen molar-refractivity contribution >= 4 is 15.8 Å². The van der Waals surface area contributed by atoms with Crippen LogP contribution in [0.4, 0.5) is 0 Å². The van der Waals surface area contributed by atoms with Gasteiger partial charge in [0.25, 0.3) is 0 Å². The fraction of sp³-hybridized carbons (Fsp3) is 0.450. The van der Waals surface area contributed by atoms with E-state index in [1.54, 1.807) is 18.4 Å². The number of aliphatic hydroxyl groups excluding tert-OH is 1. The SMILES string of the molecule is CC(=O)c1ccc(S(=O)(=O)N2CCN(C[C@@H](O)COCc3ccco3)CC2)cc1. The van der Waals surface area contributed by atoms with E-state index in [4.69, 9.17) is 9.15 Å². The number of rotatable bonds is 9. The molecule has 2 heterocycles. The van der Waals surface area contributed by atoms with Gasteiger partial charge in [0.15, 0.2) is 5.78 Å². The van der Waals surface area contributed by atoms with Gasteiger partial charge in [-0.2, -0.15) is 4.31 Å². The zero-order valence-corrected chi connectivity index (χ0v) is 17.2. The Bertz CT molecular complexity index is 888. The molecule has 1 aromatic heterocycles. The minimum Gasteiger partial charge on any atom is -0.467 e. The fourth-order valence-electron chi connectivity index (χ4n) is 3.20. The highest BCUT2D eigenvalue weighted by atomic mass is 32.2. The lowest BCUT2D eigenvalue weighted by Gasteiger charge is -2.34. The van der Waals surface area contributed by atoms with Crippen LogP contribution in [0.3, 0.4) is 0 Å². The maximum absolute atomic E-state index is 12.8. The Morgan fingerprint density at radius 3 is 2.45 bits per heavy atom. The Hall–Kier alpha value is -2.04. The number of hydrogen-bond donors (Lipinski definition) is 1. The van der Waals surface area contributed by atoms with E-state index in [0.717, 1.165) is 0 Å². The maximum atomic E-state index is 12.8. The number of hydrogen-bond acceptors (Lipinski definition) is 7. The second-order valence-electron chi connectivity index (χ2n) is 7.03. The van der Waals surface area contributed by atoms with Gasteiger partial charge in [-0.25, -0.2) is 8.42 Å². The van der Waals surface area contributed by atoms with E-state index in [0.29, 0.717) is 50.7 Å². The summed E-state index contributed by atoms with van der Waals surface area (Å²) in [6, 6.07) is 9.59. The zero-order chi connectivity index (χ0) is 20.9. The first-order valence-corrected chi connectivity index (χ1v) is 10.9. The van der Waals surface area contributed by atoms with Gasteiger partial charge in [-0.3, -0.25) is 9.69 Å². The predicted molar refractivity (Wildman–Crippen MR) is 106 cm³/mol. The molecule has 1 N–H and O–H groups in total. The Morgan fingerprint density at radius 2 is 1.86 bits per heavy atom. The number of ether oxygens (including phenoxy) is 1. The number of β-amino-alcohol motifs (C(OH)–C–C–N with tert-alkyl or cyclic N) is 1. The molecule has 2 aromatic rings. The summed E-state index contributed by atoms with van der Waals surface area (Å²) in [5.74, 6) is 0.599. The number of furan rings is 1. The summed E-state index contributed by atoms with van der Waals surface area (Å²) < 4.78 is 37.6. The van der Waals surface area contributed by atoms with Crippen LogP contribution in [0.5, 0.6) is 0 Å². The van der Waals surface area contributed by atoms with E-state index < -0.39 is 16.1 Å². The highest BCUT2D eigenvalue weighted by molar-refractivity contribution is 7.89. The summed E-state index contributed by atoms with van der Waals surface area (Å²) >= 11 is 0. The lowest BCUT2D eigenvalue weighted by molar-refractivity contribution is 0.00100. The third-order valence-electron chi connectivity index (χ3n) is 4.83. The van der Waals surface area contributed by atoms with Crippen LogP contribution in [0.2, 0.25) is 0 Å². The Balaban J connectivity index is 1.45. The molecule has 1 aromatic carbocycles. The Labute approximate surface area is 170 Å². The molecule has 29 heavy (non-hydrogen) atoms. The largest absolute Gasteiger partial charge is 0.467 e. The van der Waals surface area contributed by atoms with Crippen LogP contribution in [0, 0.1) is 0 Å². The van der Waals surface area contributed by atoms with Crippen molar-refractivity contribution in [3.05, 3.63) is 54.0 Å². The van der Waals surface area contributed by atoms with E-state index in [9.17, 15) is 18.3 Å². The van der Waals surface area contributed by atoms with E-state index in [-0.39, 0.29) is 17.3 Å². The number of benzene rings is 1. The average molecular weight is 423 g/mol. The molecule has 1 fully saturated rings. The maximum Gasteiger partial charge on any atom is 0.243 e. The number of ketones is 1. The first kappa shape index (κ1) is 21.7. The van der Waals surface area contributed by atoms with Crippen molar-refractivity contribution in [3.8, 4) is 0 Å². The van der Waals surface area contributed by atoms with E-state index >= 15 is 0 Å². The molecule has 0 saturated carbocycles. The predicted octanol–water partition coefficient (Wildman–Crippen LogP) is 1.37. The minimum absolute atomic E-state index is 0.103. The monoisotopic (exact) mass is 422 g/mol. The highest BCUT2D eigenvalue weighted by Gasteiger charge is 2.29. The molecular weight excluding hydrogens is 396 g/mol. The van der Waals surface area contributed by atoms with E-state index in [1.807, 2.05) is 4.90 Å². The van der Waals surface area contributed by atoms with Crippen LogP contribution < -0.4 is 0 Å². The molecule has 0 radical (unpaired) electrons. The van der Waals surface area contributed by atoms with Crippen LogP contribution in [0.25, 0.3) is 0 Å². The number of Topliss-reactive ketones (excluding diaryl/α,β-unsaturated/α-hetero) is 1. The van der Waals surface area contributed by atoms with Crippen molar-refractivity contribution < 1.29 is 27.5 Å². The summed E-state index contributed by atoms with van der Waals surface area (Å²) in [4.78, 5) is 13.6. The lowest BCUT2D eigenvalue weighted by atomic mass is 10.2. The molecular formula is C20H26N2O6S. The molecule has 1 aliphatic rings. The van der Waals surface area contributed by atoms with Gasteiger partial charge in [0.05, 0.1) is 23.9 Å². The van der Waals surface area contributed by atoms with Crippen molar-refractivity contribution in [3.63, 3.8) is 0 Å². The molecule has 1 aliphatic heterocycles. The highest BCUT2D eigenvalue weighted by Crippen LogP contribution is 2.18. The second kappa shape index (κ2) is 9.64. The topological polar surface area (TPSA) is 100 Å². The number of piperazine rings is 1. The van der Waals surface area contributed by atoms with Gasteiger partial charge in [-0.05, 0) is 31.2 Å². The summed E-state index contributed by atoms with van der Waals surface area (Å²) in [5.41, 5.74) is 0.483. The molecule has 1 saturated heterocycles. The summed E-state index contributed by atoms with van der Waals surface area (Å²) in [6.45, 7) is 4.09. The van der Waals surface area contributed by atoms with Gasteiger partial charge in [0.2, 0.25) is 10.0 Å². The van der Waals surface area contributed by atoms with E-state index in [1.165, 1.54) is 35.5 Å². The molecule has 1 atom stereocenters. The number of nitrogens with zero attached hydrogens (tertiary/aromatic N) is 2. The quantitative estimate of drug-likeness (QED) is 0.609. The Morgan fingerprint density at radius 1 is 1.17 bits per heavy atom. The normalized spacial score (nSPS) is 17.3. The standard InChI is InChI=1S/C20H26N2O6S/c1-16(23)17-4-6-20(7-5-17)29(25,26)22-10-8-21(9-11-22)13-18(24)14-27-15-19-3-2-12-28-19/h2-7,12,18,24H,8-11,13-15H2,1H3/t18-/m1/s1. The van der Waals surface area contributed by atoms with Gasteiger partial charge in [0.1, 0.15) is 12.4 Å². The molecule has 0 aliphatic carbocycles. The fourth-order valence-corrected chi connectivity index (χ4v) is 4.63. The van der Waals surface area contributed by atoms with Crippen LogP contribution in [0.15, 0.2) is 52.0 Å². The van der Waals surface area contributed by atoms with Crippen LogP contribution in [0.1, 0.15) is 23.0 Å². The number of aliphatic hydroxyl groups is 1. The molecule has 0 spiro atoms. The van der Waals surface area contributed by atoms with Crippen molar-refractivity contribution in [1.82, 2.24) is 9.21 Å². The van der Waals surface area contributed by atoms with Gasteiger partial charge in [-0.1, -0.05) is 12.1 Å². The molecule has 0 unspecified atom stereocenters. The number of carbonyl (C=O) groups excluding carboxylic acids is 1. The minimum atomic E-state index is -3.60. The van der Waals surface area contributed by atoms with Gasteiger partial charge < -0.3 is 14.3 Å². The Kier molecular flexibility index (Phi) is 7.20. The van der Waals surface area contributed by atoms with Crippen molar-refractivity contribution in [2.45, 2.75) is 24.5 Å². The summed E-state index contributed by atoms with van der Waals surface area (Å²) in [6.07, 6.45) is 0.910. The lowest BCUT2D eigenvalue weighted by Crippen LogP contribution is -2.50. The zero-order valence-electron chi connectivity index (χ0n) is 16.4. The van der Waals surface area contributed by atoms with Crippen LogP contribution in [-0.4, -0.2) is 73.9 Å². The summed E-state index contributed by atoms with van der Waals surface area (Å²) in [5, 5.41) is 10.1. The molecule has 0 bridgehead atoms. The third kappa shape index (κ3) is 5.74. The van der Waals surface area contributed by atoms with E-state index in [2.05, 4.69) is 0 Å². The number of carbonyl (C=O) groups is 1. The van der Waals surface area contributed by atoms with Crippen molar-refractivity contribution in [2.24, 2.45) is 0 Å². The van der Waals surface area contributed by atoms with Crippen LogP contribution >= 0.6 is 0 Å². The first-order valence-electron chi connectivity index (χ1n) is 9.48. The third-order valence-corrected chi connectivity index (χ3v) is 6.75. The van der Waals surface area contributed by atoms with Crippen LogP contribution in [-0.2, 0) is 21.4 Å². The molecule has 158 valence electrons. The van der Waals surface area contributed by atoms with Crippen molar-refractivity contribution in [1.29, 1.82) is 0 Å².